The highest BCUT2D eigenvalue weighted by molar-refractivity contribution is 8.00. The van der Waals surface area contributed by atoms with Gasteiger partial charge in [0.05, 0.1) is 23.3 Å². The third kappa shape index (κ3) is 9.89. The number of hydrogen-bond donors (Lipinski definition) is 1. The number of anilines is 1. The van der Waals surface area contributed by atoms with E-state index in [-0.39, 0.29) is 11.4 Å². The van der Waals surface area contributed by atoms with Crippen molar-refractivity contribution in [3.63, 3.8) is 0 Å². The minimum absolute atomic E-state index is 0.120. The Labute approximate surface area is 249 Å². The molecule has 5 nitrogen and oxygen atoms in total. The molecule has 3 heterocycles. The normalized spacial score (nSPS) is 9.87. The van der Waals surface area contributed by atoms with Gasteiger partial charge in [0.1, 0.15) is 10.7 Å². The minimum Gasteiger partial charge on any atom is -0.465 e. The van der Waals surface area contributed by atoms with Gasteiger partial charge in [0.2, 0.25) is 0 Å². The van der Waals surface area contributed by atoms with Crippen LogP contribution in [0.2, 0.25) is 5.02 Å². The van der Waals surface area contributed by atoms with E-state index in [4.69, 9.17) is 21.4 Å². The van der Waals surface area contributed by atoms with Crippen LogP contribution in [0, 0.1) is 0 Å². The van der Waals surface area contributed by atoms with E-state index in [1.807, 2.05) is 85.0 Å². The van der Waals surface area contributed by atoms with E-state index in [0.717, 1.165) is 21.8 Å². The molecule has 4 aromatic rings. The molecule has 0 atom stereocenters. The third-order valence-electron chi connectivity index (χ3n) is 4.88. The number of fused-ring (bicyclic) bond motifs is 1. The Balaban J connectivity index is 0.00000166. The molecule has 0 radical (unpaired) electrons. The summed E-state index contributed by atoms with van der Waals surface area (Å²) >= 11 is 9.26. The SMILES string of the molecule is CC.CC.CC.CC.COC(=O)c1sccc1-c1cc2c(Cl)ccc(NSc3ccc(C(C)(C)C)cc3)n2n1. The lowest BCUT2D eigenvalue weighted by molar-refractivity contribution is 0.0607. The summed E-state index contributed by atoms with van der Waals surface area (Å²) in [5.41, 5.74) is 3.56. The summed E-state index contributed by atoms with van der Waals surface area (Å²) in [5, 5.41) is 7.14. The molecule has 0 bridgehead atoms. The number of pyridine rings is 1. The second kappa shape index (κ2) is 18.7. The number of aromatic nitrogens is 2. The van der Waals surface area contributed by atoms with Crippen molar-refractivity contribution < 1.29 is 9.53 Å². The van der Waals surface area contributed by atoms with Crippen molar-refractivity contribution in [3.8, 4) is 11.3 Å². The number of benzene rings is 1. The molecule has 3 aromatic heterocycles. The van der Waals surface area contributed by atoms with Crippen LogP contribution in [0.4, 0.5) is 5.82 Å². The molecule has 0 saturated heterocycles. The molecule has 0 unspecified atom stereocenters. The lowest BCUT2D eigenvalue weighted by atomic mass is 9.87. The maximum Gasteiger partial charge on any atom is 0.348 e. The van der Waals surface area contributed by atoms with Crippen LogP contribution in [0.3, 0.4) is 0 Å². The quantitative estimate of drug-likeness (QED) is 0.185. The molecule has 0 aliphatic rings. The third-order valence-corrected chi connectivity index (χ3v) is 6.91. The number of thiophene rings is 1. The summed E-state index contributed by atoms with van der Waals surface area (Å²) < 4.78 is 10.0. The first kappa shape index (κ1) is 36.5. The van der Waals surface area contributed by atoms with Crippen molar-refractivity contribution in [2.24, 2.45) is 0 Å². The molecule has 0 spiro atoms. The number of nitrogens with one attached hydrogen (secondary N) is 1. The van der Waals surface area contributed by atoms with Crippen molar-refractivity contribution in [2.75, 3.05) is 11.8 Å². The van der Waals surface area contributed by atoms with Crippen LogP contribution in [0.1, 0.15) is 91.4 Å². The molecule has 0 aliphatic carbocycles. The number of carbonyl (C=O) groups is 1. The van der Waals surface area contributed by atoms with Crippen LogP contribution in [0.25, 0.3) is 16.8 Å². The largest absolute Gasteiger partial charge is 0.465 e. The topological polar surface area (TPSA) is 55.6 Å². The van der Waals surface area contributed by atoms with Gasteiger partial charge in [-0.15, -0.1) is 11.3 Å². The van der Waals surface area contributed by atoms with Crippen LogP contribution in [-0.2, 0) is 10.2 Å². The number of halogens is 1. The van der Waals surface area contributed by atoms with Crippen molar-refractivity contribution in [1.29, 1.82) is 0 Å². The van der Waals surface area contributed by atoms with Gasteiger partial charge < -0.3 is 9.46 Å². The van der Waals surface area contributed by atoms with E-state index in [1.54, 1.807) is 4.52 Å². The Morgan fingerprint density at radius 2 is 1.54 bits per heavy atom. The fourth-order valence-corrected chi connectivity index (χ4v) is 4.81. The van der Waals surface area contributed by atoms with Gasteiger partial charge in [0.15, 0.2) is 0 Å². The molecule has 4 rings (SSSR count). The highest BCUT2D eigenvalue weighted by Gasteiger charge is 2.19. The van der Waals surface area contributed by atoms with Crippen molar-refractivity contribution in [2.45, 2.75) is 86.5 Å². The van der Waals surface area contributed by atoms with Crippen LogP contribution in [0.5, 0.6) is 0 Å². The van der Waals surface area contributed by atoms with Crippen LogP contribution in [0.15, 0.2) is 58.8 Å². The lowest BCUT2D eigenvalue weighted by Crippen LogP contribution is -2.10. The molecule has 0 fully saturated rings. The molecule has 1 aromatic carbocycles. The average molecular weight is 592 g/mol. The van der Waals surface area contributed by atoms with Gasteiger partial charge in [-0.1, -0.05) is 99.9 Å². The zero-order valence-corrected chi connectivity index (χ0v) is 28.0. The van der Waals surface area contributed by atoms with Crippen LogP contribution >= 0.6 is 34.9 Å². The number of rotatable bonds is 5. The summed E-state index contributed by atoms with van der Waals surface area (Å²) in [6.45, 7) is 22.6. The fourth-order valence-electron chi connectivity index (χ4n) is 3.15. The molecule has 0 aliphatic heterocycles. The summed E-state index contributed by atoms with van der Waals surface area (Å²) in [7, 11) is 1.37. The highest BCUT2D eigenvalue weighted by Crippen LogP contribution is 2.33. The Bertz CT molecular complexity index is 1240. The van der Waals surface area contributed by atoms with E-state index in [9.17, 15) is 4.79 Å². The van der Waals surface area contributed by atoms with Gasteiger partial charge in [0, 0.05) is 10.5 Å². The van der Waals surface area contributed by atoms with E-state index >= 15 is 0 Å². The second-order valence-corrected chi connectivity index (χ2v) is 10.2. The van der Waals surface area contributed by atoms with Gasteiger partial charge in [-0.3, -0.25) is 0 Å². The second-order valence-electron chi connectivity index (χ2n) is 8.03. The standard InChI is InChI=1S/C23H22ClN3O2S2.4C2H6/c1-23(2,3)14-5-7-15(8-6-14)31-26-20-10-9-17(24)19-13-18(25-27(19)20)16-11-12-30-21(16)22(28)29-4;4*1-2/h5-13,26H,1-4H3;4*1-2H3. The zero-order valence-electron chi connectivity index (χ0n) is 25.6. The highest BCUT2D eigenvalue weighted by atomic mass is 35.5. The Morgan fingerprint density at radius 3 is 2.08 bits per heavy atom. The molecule has 216 valence electrons. The predicted molar refractivity (Wildman–Crippen MR) is 175 cm³/mol. The number of methoxy groups -OCH3 is 1. The van der Waals surface area contributed by atoms with Gasteiger partial charge in [0.25, 0.3) is 0 Å². The number of carbonyl (C=O) groups excluding carboxylic acids is 1. The smallest absolute Gasteiger partial charge is 0.348 e. The molecule has 1 N–H and O–H groups in total. The molecule has 8 heteroatoms. The number of ether oxygens (including phenoxy) is 1. The first-order chi connectivity index (χ1) is 18.8. The maximum atomic E-state index is 12.1. The molecular formula is C31H46ClN3O2S2. The van der Waals surface area contributed by atoms with Crippen molar-refractivity contribution in [1.82, 2.24) is 9.61 Å². The fraction of sp³-hybridized carbons (Fsp3) is 0.419. The lowest BCUT2D eigenvalue weighted by Gasteiger charge is -2.19. The molecular weight excluding hydrogens is 546 g/mol. The van der Waals surface area contributed by atoms with E-state index in [1.165, 1.54) is 36.0 Å². The predicted octanol–water partition coefficient (Wildman–Crippen LogP) is 11.0. The maximum absolute atomic E-state index is 12.1. The van der Waals surface area contributed by atoms with E-state index in [0.29, 0.717) is 15.6 Å². The summed E-state index contributed by atoms with van der Waals surface area (Å²) in [4.78, 5) is 13.7. The molecule has 0 saturated carbocycles. The number of esters is 1. The Hall–Kier alpha value is -2.48. The number of nitrogens with zero attached hydrogens (tertiary/aromatic N) is 2. The number of hydrogen-bond acceptors (Lipinski definition) is 6. The van der Waals surface area contributed by atoms with Crippen LogP contribution < -0.4 is 4.72 Å². The monoisotopic (exact) mass is 591 g/mol. The Morgan fingerprint density at radius 1 is 0.949 bits per heavy atom. The summed E-state index contributed by atoms with van der Waals surface area (Å²) in [5.74, 6) is 0.408. The minimum atomic E-state index is -0.374. The van der Waals surface area contributed by atoms with Crippen molar-refractivity contribution >= 4 is 52.2 Å². The molecule has 39 heavy (non-hydrogen) atoms. The van der Waals surface area contributed by atoms with E-state index < -0.39 is 0 Å². The average Bonchev–Trinajstić information content (AvgIpc) is 3.65. The van der Waals surface area contributed by atoms with Gasteiger partial charge in [-0.25, -0.2) is 9.31 Å². The van der Waals surface area contributed by atoms with Gasteiger partial charge >= 0.3 is 5.97 Å². The van der Waals surface area contributed by atoms with Crippen LogP contribution in [-0.4, -0.2) is 22.7 Å². The Kier molecular flexibility index (Phi) is 17.6. The first-order valence-electron chi connectivity index (χ1n) is 13.7. The van der Waals surface area contributed by atoms with Gasteiger partial charge in [-0.2, -0.15) is 5.10 Å². The zero-order chi connectivity index (χ0) is 30.2. The molecule has 0 amide bonds. The summed E-state index contributed by atoms with van der Waals surface area (Å²) in [6.07, 6.45) is 0. The summed E-state index contributed by atoms with van der Waals surface area (Å²) in [6, 6.07) is 16.0. The van der Waals surface area contributed by atoms with Crippen molar-refractivity contribution in [3.05, 3.63) is 69.4 Å². The van der Waals surface area contributed by atoms with E-state index in [2.05, 4.69) is 49.8 Å². The first-order valence-corrected chi connectivity index (χ1v) is 15.7. The van der Waals surface area contributed by atoms with Gasteiger partial charge in [-0.05, 0) is 64.7 Å².